The Kier molecular flexibility index (Phi) is 4.55. The standard InChI is InChI=1S/C9H13ClN2O3S/c10-5-8(13)6-12-7-2-1-3-9(4-7)16(11,14)15/h1-4,8,12-13H,5-6H2,(H2,11,14,15). The van der Waals surface area contributed by atoms with E-state index in [-0.39, 0.29) is 17.3 Å². The Morgan fingerprint density at radius 3 is 2.75 bits per heavy atom. The molecule has 0 bridgehead atoms. The zero-order valence-electron chi connectivity index (χ0n) is 8.43. The number of hydrogen-bond acceptors (Lipinski definition) is 4. The summed E-state index contributed by atoms with van der Waals surface area (Å²) < 4.78 is 22.1. The summed E-state index contributed by atoms with van der Waals surface area (Å²) in [7, 11) is -3.70. The third-order valence-electron chi connectivity index (χ3n) is 1.88. The van der Waals surface area contributed by atoms with E-state index < -0.39 is 16.1 Å². The van der Waals surface area contributed by atoms with Crippen LogP contribution in [0.15, 0.2) is 29.2 Å². The first kappa shape index (κ1) is 13.2. The maximum atomic E-state index is 11.1. The minimum atomic E-state index is -3.70. The molecule has 0 saturated heterocycles. The number of alkyl halides is 1. The molecule has 4 N–H and O–H groups in total. The van der Waals surface area contributed by atoms with Crippen LogP contribution in [0.25, 0.3) is 0 Å². The number of benzene rings is 1. The molecular formula is C9H13ClN2O3S. The van der Waals surface area contributed by atoms with Crippen molar-refractivity contribution in [2.24, 2.45) is 5.14 Å². The highest BCUT2D eigenvalue weighted by Crippen LogP contribution is 2.13. The molecule has 1 aromatic rings. The molecule has 0 radical (unpaired) electrons. The predicted molar refractivity (Wildman–Crippen MR) is 63.0 cm³/mol. The van der Waals surface area contributed by atoms with Crippen LogP contribution in [0.5, 0.6) is 0 Å². The van der Waals surface area contributed by atoms with Crippen molar-refractivity contribution in [2.45, 2.75) is 11.0 Å². The van der Waals surface area contributed by atoms with Gasteiger partial charge in [-0.25, -0.2) is 13.6 Å². The predicted octanol–water partition coefficient (Wildman–Crippen LogP) is 0.346. The van der Waals surface area contributed by atoms with Gasteiger partial charge in [0.25, 0.3) is 0 Å². The van der Waals surface area contributed by atoms with Gasteiger partial charge in [0.15, 0.2) is 0 Å². The molecule has 1 aromatic carbocycles. The third-order valence-corrected chi connectivity index (χ3v) is 3.15. The van der Waals surface area contributed by atoms with Crippen molar-refractivity contribution in [1.82, 2.24) is 0 Å². The Hall–Kier alpha value is -0.820. The molecule has 0 spiro atoms. The topological polar surface area (TPSA) is 92.4 Å². The van der Waals surface area contributed by atoms with Gasteiger partial charge in [-0.15, -0.1) is 11.6 Å². The summed E-state index contributed by atoms with van der Waals surface area (Å²) in [4.78, 5) is 0.0258. The van der Waals surface area contributed by atoms with Gasteiger partial charge in [-0.2, -0.15) is 0 Å². The largest absolute Gasteiger partial charge is 0.390 e. The van der Waals surface area contributed by atoms with Gasteiger partial charge in [0.1, 0.15) is 0 Å². The molecule has 5 nitrogen and oxygen atoms in total. The molecule has 1 atom stereocenters. The van der Waals surface area contributed by atoms with Gasteiger partial charge in [0, 0.05) is 12.2 Å². The van der Waals surface area contributed by atoms with Crippen molar-refractivity contribution >= 4 is 27.3 Å². The molecule has 90 valence electrons. The van der Waals surface area contributed by atoms with Crippen LogP contribution in [-0.4, -0.2) is 32.1 Å². The van der Waals surface area contributed by atoms with Gasteiger partial charge in [-0.1, -0.05) is 6.07 Å². The molecule has 0 aliphatic heterocycles. The summed E-state index contributed by atoms with van der Waals surface area (Å²) in [5.41, 5.74) is 0.565. The van der Waals surface area contributed by atoms with Crippen molar-refractivity contribution in [2.75, 3.05) is 17.7 Å². The van der Waals surface area contributed by atoms with E-state index in [0.717, 1.165) is 0 Å². The van der Waals surface area contributed by atoms with Crippen LogP contribution in [0.3, 0.4) is 0 Å². The van der Waals surface area contributed by atoms with E-state index in [0.29, 0.717) is 5.69 Å². The number of sulfonamides is 1. The summed E-state index contributed by atoms with van der Waals surface area (Å²) in [5, 5.41) is 17.0. The first-order valence-electron chi connectivity index (χ1n) is 4.54. The van der Waals surface area contributed by atoms with Gasteiger partial charge in [-0.3, -0.25) is 0 Å². The molecule has 1 unspecified atom stereocenters. The highest BCUT2D eigenvalue weighted by molar-refractivity contribution is 7.89. The molecule has 7 heteroatoms. The molecule has 0 saturated carbocycles. The van der Waals surface area contributed by atoms with Crippen LogP contribution in [-0.2, 0) is 10.0 Å². The number of nitrogens with two attached hydrogens (primary N) is 1. The number of rotatable bonds is 5. The van der Waals surface area contributed by atoms with Crippen molar-refractivity contribution in [3.8, 4) is 0 Å². The van der Waals surface area contributed by atoms with E-state index in [1.165, 1.54) is 12.1 Å². The van der Waals surface area contributed by atoms with Gasteiger partial charge in [-0.05, 0) is 18.2 Å². The Morgan fingerprint density at radius 1 is 1.50 bits per heavy atom. The molecule has 1 rings (SSSR count). The third kappa shape index (κ3) is 3.97. The van der Waals surface area contributed by atoms with Crippen LogP contribution in [0.1, 0.15) is 0 Å². The first-order chi connectivity index (χ1) is 7.43. The summed E-state index contributed by atoms with van der Waals surface area (Å²) in [6.45, 7) is 0.248. The van der Waals surface area contributed by atoms with Crippen molar-refractivity contribution in [1.29, 1.82) is 0 Å². The molecular weight excluding hydrogens is 252 g/mol. The van der Waals surface area contributed by atoms with Crippen molar-refractivity contribution in [3.63, 3.8) is 0 Å². The molecule has 0 heterocycles. The minimum Gasteiger partial charge on any atom is -0.390 e. The van der Waals surface area contributed by atoms with Crippen LogP contribution < -0.4 is 10.5 Å². The lowest BCUT2D eigenvalue weighted by atomic mass is 10.3. The Labute approximate surface area is 99.3 Å². The molecule has 0 aliphatic rings. The van der Waals surface area contributed by atoms with E-state index in [4.69, 9.17) is 16.7 Å². The second-order valence-corrected chi connectivity index (χ2v) is 5.13. The second-order valence-electron chi connectivity index (χ2n) is 3.26. The minimum absolute atomic E-state index is 0.0258. The number of hydrogen-bond donors (Lipinski definition) is 3. The van der Waals surface area contributed by atoms with E-state index in [2.05, 4.69) is 5.32 Å². The lowest BCUT2D eigenvalue weighted by Crippen LogP contribution is -2.21. The van der Waals surface area contributed by atoms with Crippen LogP contribution in [0.4, 0.5) is 5.69 Å². The fraction of sp³-hybridized carbons (Fsp3) is 0.333. The van der Waals surface area contributed by atoms with E-state index in [1.54, 1.807) is 12.1 Å². The maximum Gasteiger partial charge on any atom is 0.238 e. The smallest absolute Gasteiger partial charge is 0.238 e. The van der Waals surface area contributed by atoms with E-state index in [9.17, 15) is 13.5 Å². The van der Waals surface area contributed by atoms with Gasteiger partial charge in [0.05, 0.1) is 16.9 Å². The summed E-state index contributed by atoms with van der Waals surface area (Å²) in [5.74, 6) is 0.113. The van der Waals surface area contributed by atoms with Crippen molar-refractivity contribution < 1.29 is 13.5 Å². The zero-order chi connectivity index (χ0) is 12.2. The average Bonchev–Trinajstić information content (AvgIpc) is 2.25. The van der Waals surface area contributed by atoms with Crippen LogP contribution in [0.2, 0.25) is 0 Å². The molecule has 0 aromatic heterocycles. The second kappa shape index (κ2) is 5.49. The fourth-order valence-electron chi connectivity index (χ4n) is 1.07. The number of nitrogens with one attached hydrogen (secondary N) is 1. The normalized spacial score (nSPS) is 13.4. The number of aliphatic hydroxyl groups excluding tert-OH is 1. The molecule has 0 aliphatic carbocycles. The highest BCUT2D eigenvalue weighted by Gasteiger charge is 2.08. The number of aliphatic hydroxyl groups is 1. The van der Waals surface area contributed by atoms with Crippen molar-refractivity contribution in [3.05, 3.63) is 24.3 Å². The number of anilines is 1. The molecule has 16 heavy (non-hydrogen) atoms. The number of primary sulfonamides is 1. The number of halogens is 1. The van der Waals surface area contributed by atoms with Gasteiger partial charge < -0.3 is 10.4 Å². The fourth-order valence-corrected chi connectivity index (χ4v) is 1.74. The van der Waals surface area contributed by atoms with Gasteiger partial charge in [0.2, 0.25) is 10.0 Å². The lowest BCUT2D eigenvalue weighted by Gasteiger charge is -2.10. The highest BCUT2D eigenvalue weighted by atomic mass is 35.5. The Morgan fingerprint density at radius 2 is 2.19 bits per heavy atom. The monoisotopic (exact) mass is 264 g/mol. The van der Waals surface area contributed by atoms with E-state index in [1.807, 2.05) is 0 Å². The Bertz CT molecular complexity index is 450. The SMILES string of the molecule is NS(=O)(=O)c1cccc(NCC(O)CCl)c1. The molecule has 0 amide bonds. The first-order valence-corrected chi connectivity index (χ1v) is 6.62. The van der Waals surface area contributed by atoms with Crippen LogP contribution >= 0.6 is 11.6 Å². The summed E-state index contributed by atoms with van der Waals surface area (Å²) in [6, 6.07) is 6.04. The quantitative estimate of drug-likeness (QED) is 0.669. The lowest BCUT2D eigenvalue weighted by molar-refractivity contribution is 0.211. The summed E-state index contributed by atoms with van der Waals surface area (Å²) in [6.07, 6.45) is -0.681. The van der Waals surface area contributed by atoms with E-state index >= 15 is 0 Å². The maximum absolute atomic E-state index is 11.1. The van der Waals surface area contributed by atoms with Crippen LogP contribution in [0, 0.1) is 0 Å². The summed E-state index contributed by atoms with van der Waals surface area (Å²) >= 11 is 5.42. The molecule has 0 fully saturated rings. The zero-order valence-corrected chi connectivity index (χ0v) is 10.0. The van der Waals surface area contributed by atoms with Gasteiger partial charge >= 0.3 is 0 Å². The average molecular weight is 265 g/mol. The Balaban J connectivity index is 2.76.